The first-order chi connectivity index (χ1) is 17.1. The fraction of sp³-hybridized carbons (Fsp3) is 0.406. The van der Waals surface area contributed by atoms with E-state index >= 15 is 0 Å². The van der Waals surface area contributed by atoms with Gasteiger partial charge in [0.15, 0.2) is 0 Å². The third kappa shape index (κ3) is 4.92. The van der Waals surface area contributed by atoms with Crippen LogP contribution in [0.2, 0.25) is 0 Å². The van der Waals surface area contributed by atoms with E-state index in [9.17, 15) is 15.0 Å². The predicted octanol–water partition coefficient (Wildman–Crippen LogP) is 7.39. The number of rotatable bonds is 8. The Morgan fingerprint density at radius 3 is 2.19 bits per heavy atom. The van der Waals surface area contributed by atoms with Crippen LogP contribution in [0.1, 0.15) is 80.9 Å². The number of aliphatic hydroxyl groups is 1. The standard InChI is InChI=1S/C32H38O4/c1-6-24-25(13-14-27-29(24)32(4,5)17-16-31(27,2)3)26-20-23(12-15-28(26)36-19-7-18-33)21-8-10-22(11-9-21)30(34)35/h8-15,20,33H,6-7,16-19H2,1-5H3,(H,34,35). The summed E-state index contributed by atoms with van der Waals surface area (Å²) in [6.07, 6.45) is 3.82. The highest BCUT2D eigenvalue weighted by atomic mass is 16.5. The van der Waals surface area contributed by atoms with Gasteiger partial charge in [0, 0.05) is 18.6 Å². The Labute approximate surface area is 215 Å². The van der Waals surface area contributed by atoms with Gasteiger partial charge in [-0.05, 0) is 87.7 Å². The maximum Gasteiger partial charge on any atom is 0.335 e. The van der Waals surface area contributed by atoms with E-state index in [4.69, 9.17) is 4.74 Å². The number of carbonyl (C=O) groups is 1. The van der Waals surface area contributed by atoms with E-state index in [1.807, 2.05) is 24.3 Å². The molecule has 0 amide bonds. The summed E-state index contributed by atoms with van der Waals surface area (Å²) in [6, 6.07) is 17.7. The van der Waals surface area contributed by atoms with Crippen molar-refractivity contribution in [2.45, 2.75) is 71.1 Å². The number of ether oxygens (including phenoxy) is 1. The van der Waals surface area contributed by atoms with Gasteiger partial charge >= 0.3 is 5.97 Å². The van der Waals surface area contributed by atoms with Crippen molar-refractivity contribution in [3.63, 3.8) is 0 Å². The molecule has 0 aliphatic heterocycles. The molecule has 3 aromatic carbocycles. The highest BCUT2D eigenvalue weighted by Gasteiger charge is 2.39. The third-order valence-electron chi connectivity index (χ3n) is 7.74. The third-order valence-corrected chi connectivity index (χ3v) is 7.74. The molecule has 4 heteroatoms. The monoisotopic (exact) mass is 486 g/mol. The zero-order valence-electron chi connectivity index (χ0n) is 22.1. The molecule has 4 rings (SSSR count). The van der Waals surface area contributed by atoms with Crippen molar-refractivity contribution in [3.8, 4) is 28.0 Å². The molecule has 0 atom stereocenters. The van der Waals surface area contributed by atoms with Crippen LogP contribution >= 0.6 is 0 Å². The Kier molecular flexibility index (Phi) is 7.28. The smallest absolute Gasteiger partial charge is 0.335 e. The fourth-order valence-corrected chi connectivity index (χ4v) is 5.59. The number of fused-ring (bicyclic) bond motifs is 1. The molecule has 3 aromatic rings. The second kappa shape index (κ2) is 10.1. The number of aromatic carboxylic acids is 1. The van der Waals surface area contributed by atoms with Gasteiger partial charge in [-0.3, -0.25) is 0 Å². The number of hydrogen-bond acceptors (Lipinski definition) is 3. The molecule has 4 nitrogen and oxygen atoms in total. The Morgan fingerprint density at radius 1 is 0.889 bits per heavy atom. The van der Waals surface area contributed by atoms with Crippen LogP contribution in [-0.4, -0.2) is 29.4 Å². The van der Waals surface area contributed by atoms with Crippen molar-refractivity contribution in [1.29, 1.82) is 0 Å². The van der Waals surface area contributed by atoms with Gasteiger partial charge in [0.05, 0.1) is 12.2 Å². The topological polar surface area (TPSA) is 66.8 Å². The summed E-state index contributed by atoms with van der Waals surface area (Å²) in [4.78, 5) is 11.3. The maximum absolute atomic E-state index is 11.3. The van der Waals surface area contributed by atoms with Gasteiger partial charge in [0.1, 0.15) is 5.75 Å². The van der Waals surface area contributed by atoms with Gasteiger partial charge in [-0.15, -0.1) is 0 Å². The zero-order valence-corrected chi connectivity index (χ0v) is 22.1. The van der Waals surface area contributed by atoms with E-state index in [0.717, 1.165) is 35.3 Å². The number of carboxylic acids is 1. The molecule has 190 valence electrons. The number of carboxylic acid groups (broad SMARTS) is 1. The average Bonchev–Trinajstić information content (AvgIpc) is 2.86. The predicted molar refractivity (Wildman–Crippen MR) is 146 cm³/mol. The van der Waals surface area contributed by atoms with Gasteiger partial charge < -0.3 is 14.9 Å². The minimum atomic E-state index is -0.929. The summed E-state index contributed by atoms with van der Waals surface area (Å²) >= 11 is 0. The highest BCUT2D eigenvalue weighted by Crippen LogP contribution is 2.50. The molecule has 2 N–H and O–H groups in total. The fourth-order valence-electron chi connectivity index (χ4n) is 5.59. The van der Waals surface area contributed by atoms with Crippen LogP contribution in [0, 0.1) is 0 Å². The van der Waals surface area contributed by atoms with Crippen molar-refractivity contribution in [2.75, 3.05) is 13.2 Å². The van der Waals surface area contributed by atoms with Crippen LogP contribution in [0.25, 0.3) is 22.3 Å². The second-order valence-electron chi connectivity index (χ2n) is 11.2. The first kappa shape index (κ1) is 26.0. The summed E-state index contributed by atoms with van der Waals surface area (Å²) in [5.74, 6) is -0.126. The number of benzene rings is 3. The summed E-state index contributed by atoms with van der Waals surface area (Å²) in [6.45, 7) is 12.2. The molecule has 0 unspecified atom stereocenters. The van der Waals surface area contributed by atoms with Crippen LogP contribution < -0.4 is 4.74 Å². The molecule has 0 heterocycles. The molecule has 0 fully saturated rings. The molecule has 0 spiro atoms. The molecular formula is C32H38O4. The minimum Gasteiger partial charge on any atom is -0.493 e. The van der Waals surface area contributed by atoms with Crippen LogP contribution in [0.3, 0.4) is 0 Å². The van der Waals surface area contributed by atoms with Gasteiger partial charge in [-0.25, -0.2) is 4.79 Å². The lowest BCUT2D eigenvalue weighted by molar-refractivity contribution is 0.0697. The van der Waals surface area contributed by atoms with Crippen LogP contribution in [0.5, 0.6) is 5.75 Å². The van der Waals surface area contributed by atoms with Gasteiger partial charge in [-0.2, -0.15) is 0 Å². The van der Waals surface area contributed by atoms with E-state index in [1.54, 1.807) is 12.1 Å². The Balaban J connectivity index is 1.91. The SMILES string of the molecule is CCc1c(-c2cc(-c3ccc(C(=O)O)cc3)ccc2OCCCO)ccc2c1C(C)(C)CCC2(C)C. The second-order valence-corrected chi connectivity index (χ2v) is 11.2. The Hall–Kier alpha value is -3.11. The molecule has 0 saturated heterocycles. The molecule has 0 bridgehead atoms. The normalized spacial score (nSPS) is 15.8. The summed E-state index contributed by atoms with van der Waals surface area (Å²) in [7, 11) is 0. The Morgan fingerprint density at radius 2 is 1.56 bits per heavy atom. The molecular weight excluding hydrogens is 448 g/mol. The molecule has 1 aliphatic rings. The van der Waals surface area contributed by atoms with E-state index in [2.05, 4.69) is 52.8 Å². The van der Waals surface area contributed by atoms with Crippen molar-refractivity contribution < 1.29 is 19.7 Å². The van der Waals surface area contributed by atoms with Crippen molar-refractivity contribution in [2.24, 2.45) is 0 Å². The highest BCUT2D eigenvalue weighted by molar-refractivity contribution is 5.88. The first-order valence-electron chi connectivity index (χ1n) is 13.0. The molecule has 0 radical (unpaired) electrons. The van der Waals surface area contributed by atoms with E-state index in [0.29, 0.717) is 13.0 Å². The van der Waals surface area contributed by atoms with Crippen LogP contribution in [-0.2, 0) is 17.3 Å². The molecule has 0 saturated carbocycles. The number of aliphatic hydroxyl groups excluding tert-OH is 1. The summed E-state index contributed by atoms with van der Waals surface area (Å²) in [5, 5.41) is 18.6. The lowest BCUT2D eigenvalue weighted by Crippen LogP contribution is -2.35. The molecule has 1 aliphatic carbocycles. The van der Waals surface area contributed by atoms with Crippen molar-refractivity contribution >= 4 is 5.97 Å². The zero-order chi connectivity index (χ0) is 26.1. The largest absolute Gasteiger partial charge is 0.493 e. The minimum absolute atomic E-state index is 0.0890. The summed E-state index contributed by atoms with van der Waals surface area (Å²) < 4.78 is 6.17. The summed E-state index contributed by atoms with van der Waals surface area (Å²) in [5.41, 5.74) is 8.98. The lowest BCUT2D eigenvalue weighted by atomic mass is 9.61. The van der Waals surface area contributed by atoms with E-state index < -0.39 is 5.97 Å². The van der Waals surface area contributed by atoms with E-state index in [1.165, 1.54) is 28.7 Å². The molecule has 36 heavy (non-hydrogen) atoms. The average molecular weight is 487 g/mol. The van der Waals surface area contributed by atoms with Gasteiger partial charge in [-0.1, -0.05) is 65.0 Å². The quantitative estimate of drug-likeness (QED) is 0.326. The van der Waals surface area contributed by atoms with Gasteiger partial charge in [0.25, 0.3) is 0 Å². The number of hydrogen-bond donors (Lipinski definition) is 2. The van der Waals surface area contributed by atoms with Gasteiger partial charge in [0.2, 0.25) is 0 Å². The van der Waals surface area contributed by atoms with Crippen molar-refractivity contribution in [3.05, 3.63) is 76.9 Å². The van der Waals surface area contributed by atoms with Crippen LogP contribution in [0.15, 0.2) is 54.6 Å². The maximum atomic E-state index is 11.3. The van der Waals surface area contributed by atoms with Crippen molar-refractivity contribution in [1.82, 2.24) is 0 Å². The van der Waals surface area contributed by atoms with E-state index in [-0.39, 0.29) is 23.0 Å². The lowest BCUT2D eigenvalue weighted by Gasteiger charge is -2.43. The Bertz CT molecular complexity index is 1250. The first-order valence-corrected chi connectivity index (χ1v) is 13.0. The molecule has 0 aromatic heterocycles. The van der Waals surface area contributed by atoms with Crippen LogP contribution in [0.4, 0.5) is 0 Å².